The third kappa shape index (κ3) is 5.01. The number of allylic oxidation sites excluding steroid dienone is 2. The van der Waals surface area contributed by atoms with Gasteiger partial charge in [0, 0.05) is 19.0 Å². The number of fused-ring (bicyclic) bond motifs is 2. The van der Waals surface area contributed by atoms with Crippen LogP contribution in [0.3, 0.4) is 0 Å². The van der Waals surface area contributed by atoms with E-state index in [0.29, 0.717) is 42.6 Å². The summed E-state index contributed by atoms with van der Waals surface area (Å²) in [7, 11) is 0. The predicted molar refractivity (Wildman–Crippen MR) is 107 cm³/mol. The lowest BCUT2D eigenvalue weighted by Gasteiger charge is -2.32. The molecule has 1 saturated carbocycles. The molecule has 2 bridgehead atoms. The van der Waals surface area contributed by atoms with Crippen LogP contribution in [0.4, 0.5) is 4.79 Å². The highest BCUT2D eigenvalue weighted by molar-refractivity contribution is 6.67. The number of ether oxygens (including phenoxy) is 1. The molecule has 0 unspecified atom stereocenters. The Morgan fingerprint density at radius 3 is 2.38 bits per heavy atom. The fourth-order valence-electron chi connectivity index (χ4n) is 4.02. The number of amides is 1. The highest BCUT2D eigenvalue weighted by Gasteiger charge is 2.45. The molecule has 2 aliphatic rings. The number of alkyl halides is 4. The van der Waals surface area contributed by atoms with Gasteiger partial charge in [-0.05, 0) is 35.7 Å². The van der Waals surface area contributed by atoms with Gasteiger partial charge < -0.3 is 9.64 Å². The number of nitrogens with zero attached hydrogens (tertiary/aromatic N) is 1. The van der Waals surface area contributed by atoms with Crippen molar-refractivity contribution in [2.24, 2.45) is 23.7 Å². The molecule has 0 saturated heterocycles. The number of halogens is 4. The third-order valence-electron chi connectivity index (χ3n) is 5.24. The maximum atomic E-state index is 12.7. The van der Waals surface area contributed by atoms with E-state index in [0.717, 1.165) is 12.0 Å². The molecule has 0 N–H and O–H groups in total. The summed E-state index contributed by atoms with van der Waals surface area (Å²) < 4.78 is 3.62. The second kappa shape index (κ2) is 8.60. The van der Waals surface area contributed by atoms with E-state index in [1.54, 1.807) is 4.90 Å². The number of hydrogen-bond acceptors (Lipinski definition) is 2. The number of benzene rings is 1. The van der Waals surface area contributed by atoms with Crippen LogP contribution in [0.1, 0.15) is 12.0 Å². The molecule has 3 nitrogen and oxygen atoms in total. The molecule has 1 amide bonds. The highest BCUT2D eigenvalue weighted by Crippen LogP contribution is 2.48. The van der Waals surface area contributed by atoms with Gasteiger partial charge in [-0.15, -0.1) is 11.6 Å². The van der Waals surface area contributed by atoms with Gasteiger partial charge in [0.1, 0.15) is 6.61 Å². The molecule has 0 aliphatic heterocycles. The summed E-state index contributed by atoms with van der Waals surface area (Å²) >= 11 is 23.4. The minimum atomic E-state index is -1.62. The topological polar surface area (TPSA) is 29.5 Å². The van der Waals surface area contributed by atoms with Gasteiger partial charge in [0.25, 0.3) is 0 Å². The lowest BCUT2D eigenvalue weighted by atomic mass is 9.84. The van der Waals surface area contributed by atoms with Crippen molar-refractivity contribution in [1.82, 2.24) is 4.90 Å². The molecular weight excluding hydrogens is 416 g/mol. The van der Waals surface area contributed by atoms with Gasteiger partial charge in [-0.1, -0.05) is 77.3 Å². The fraction of sp³-hybridized carbons (Fsp3) is 0.526. The van der Waals surface area contributed by atoms with Crippen molar-refractivity contribution in [1.29, 1.82) is 0 Å². The van der Waals surface area contributed by atoms with Gasteiger partial charge in [0.05, 0.1) is 0 Å². The first-order valence-electron chi connectivity index (χ1n) is 8.64. The molecule has 0 spiro atoms. The molecular formula is C19H21Cl4NO2. The molecule has 0 radical (unpaired) electrons. The van der Waals surface area contributed by atoms with E-state index in [2.05, 4.69) is 12.2 Å². The lowest BCUT2D eigenvalue weighted by Crippen LogP contribution is -2.40. The quantitative estimate of drug-likeness (QED) is 0.424. The van der Waals surface area contributed by atoms with Gasteiger partial charge in [-0.2, -0.15) is 0 Å². The molecule has 2 aliphatic carbocycles. The Kier molecular flexibility index (Phi) is 6.66. The van der Waals surface area contributed by atoms with E-state index >= 15 is 0 Å². The summed E-state index contributed by atoms with van der Waals surface area (Å²) in [5.74, 6) is 2.28. The second-order valence-corrected chi connectivity index (χ2v) is 9.79. The van der Waals surface area contributed by atoms with Crippen LogP contribution >= 0.6 is 46.4 Å². The average Bonchev–Trinajstić information content (AvgIpc) is 3.20. The fourth-order valence-corrected chi connectivity index (χ4v) is 4.64. The minimum absolute atomic E-state index is 0.280. The smallest absolute Gasteiger partial charge is 0.410 e. The molecule has 1 fully saturated rings. The van der Waals surface area contributed by atoms with Gasteiger partial charge in [-0.25, -0.2) is 4.79 Å². The first kappa shape index (κ1) is 20.1. The standard InChI is InChI=1S/C19H21Cl4NO2/c20-9-16-14-6-7-15(8-14)17(16)11-24(10-13-4-2-1-3-5-13)18(25)26-12-19(21,22)23/h1-7,14-17H,8-12H2/t14-,15+,16-,17+/m0/s1. The SMILES string of the molecule is O=C(OCC(Cl)(Cl)Cl)N(Cc1ccccc1)C[C@H]1[C@@H](CCl)[C@H]2C=C[C@@H]1C2. The largest absolute Gasteiger partial charge is 0.445 e. The second-order valence-electron chi connectivity index (χ2n) is 6.97. The van der Waals surface area contributed by atoms with Crippen molar-refractivity contribution >= 4 is 52.5 Å². The molecule has 0 aromatic heterocycles. The summed E-state index contributed by atoms with van der Waals surface area (Å²) in [5.41, 5.74) is 1.03. The van der Waals surface area contributed by atoms with Gasteiger partial charge in [0.15, 0.2) is 0 Å². The summed E-state index contributed by atoms with van der Waals surface area (Å²) in [4.78, 5) is 14.4. The van der Waals surface area contributed by atoms with Crippen LogP contribution in [-0.2, 0) is 11.3 Å². The first-order valence-corrected chi connectivity index (χ1v) is 10.3. The Labute approximate surface area is 174 Å². The van der Waals surface area contributed by atoms with Gasteiger partial charge >= 0.3 is 6.09 Å². The van der Waals surface area contributed by atoms with E-state index in [4.69, 9.17) is 51.1 Å². The molecule has 7 heteroatoms. The van der Waals surface area contributed by atoms with E-state index in [1.807, 2.05) is 30.3 Å². The van der Waals surface area contributed by atoms with Crippen LogP contribution in [0.25, 0.3) is 0 Å². The van der Waals surface area contributed by atoms with Gasteiger partial charge in [-0.3, -0.25) is 0 Å². The third-order valence-corrected chi connectivity index (χ3v) is 5.93. The van der Waals surface area contributed by atoms with Crippen LogP contribution < -0.4 is 0 Å². The molecule has 26 heavy (non-hydrogen) atoms. The van der Waals surface area contributed by atoms with Crippen molar-refractivity contribution in [2.45, 2.75) is 16.8 Å². The first-order chi connectivity index (χ1) is 12.4. The molecule has 142 valence electrons. The average molecular weight is 437 g/mol. The summed E-state index contributed by atoms with van der Waals surface area (Å²) in [5, 5.41) is 0. The van der Waals surface area contributed by atoms with Crippen molar-refractivity contribution in [3.8, 4) is 0 Å². The molecule has 3 rings (SSSR count). The zero-order chi connectivity index (χ0) is 18.7. The van der Waals surface area contributed by atoms with Crippen molar-refractivity contribution in [2.75, 3.05) is 19.0 Å². The molecule has 1 aromatic carbocycles. The van der Waals surface area contributed by atoms with Crippen molar-refractivity contribution < 1.29 is 9.53 Å². The maximum absolute atomic E-state index is 12.7. The number of rotatable bonds is 6. The predicted octanol–water partition coefficient (Wildman–Crippen LogP) is 5.67. The Balaban J connectivity index is 1.72. The number of carbonyl (C=O) groups is 1. The Morgan fingerprint density at radius 2 is 1.77 bits per heavy atom. The summed E-state index contributed by atoms with van der Waals surface area (Å²) in [6.45, 7) is 0.750. The Bertz CT molecular complexity index is 647. The van der Waals surface area contributed by atoms with Crippen molar-refractivity contribution in [3.63, 3.8) is 0 Å². The number of hydrogen-bond donors (Lipinski definition) is 0. The minimum Gasteiger partial charge on any atom is -0.445 e. The van der Waals surface area contributed by atoms with E-state index < -0.39 is 9.89 Å². The highest BCUT2D eigenvalue weighted by atomic mass is 35.6. The van der Waals surface area contributed by atoms with E-state index in [1.165, 1.54) is 0 Å². The Morgan fingerprint density at radius 1 is 1.12 bits per heavy atom. The molecule has 0 heterocycles. The summed E-state index contributed by atoms with van der Waals surface area (Å²) in [6, 6.07) is 9.80. The number of carbonyl (C=O) groups excluding carboxylic acids is 1. The van der Waals surface area contributed by atoms with E-state index in [9.17, 15) is 4.79 Å². The zero-order valence-corrected chi connectivity index (χ0v) is 17.2. The Hall–Kier alpha value is -0.610. The van der Waals surface area contributed by atoms with Crippen LogP contribution in [0.15, 0.2) is 42.5 Å². The van der Waals surface area contributed by atoms with Crippen LogP contribution in [0.5, 0.6) is 0 Å². The summed E-state index contributed by atoms with van der Waals surface area (Å²) in [6.07, 6.45) is 5.16. The normalized spacial score (nSPS) is 26.9. The monoisotopic (exact) mass is 435 g/mol. The van der Waals surface area contributed by atoms with Crippen molar-refractivity contribution in [3.05, 3.63) is 48.0 Å². The molecule has 1 aromatic rings. The maximum Gasteiger partial charge on any atom is 0.410 e. The zero-order valence-electron chi connectivity index (χ0n) is 14.2. The molecule has 4 atom stereocenters. The van der Waals surface area contributed by atoms with Crippen LogP contribution in [-0.4, -0.2) is 33.8 Å². The van der Waals surface area contributed by atoms with Crippen LogP contribution in [0.2, 0.25) is 0 Å². The van der Waals surface area contributed by atoms with Gasteiger partial charge in [0.2, 0.25) is 3.79 Å². The van der Waals surface area contributed by atoms with E-state index in [-0.39, 0.29) is 6.61 Å². The lowest BCUT2D eigenvalue weighted by molar-refractivity contribution is 0.0885. The van der Waals surface area contributed by atoms with Crippen LogP contribution in [0, 0.1) is 23.7 Å².